The van der Waals surface area contributed by atoms with Gasteiger partial charge in [-0.1, -0.05) is 24.1 Å². The molecule has 4 atom stereocenters. The van der Waals surface area contributed by atoms with E-state index in [0.29, 0.717) is 6.04 Å². The minimum absolute atomic E-state index is 0.482. The van der Waals surface area contributed by atoms with Crippen LogP contribution in [0.1, 0.15) is 54.8 Å². The lowest BCUT2D eigenvalue weighted by atomic mass is 9.82. The third-order valence-electron chi connectivity index (χ3n) is 5.69. The van der Waals surface area contributed by atoms with Crippen molar-refractivity contribution in [2.75, 3.05) is 7.05 Å². The number of halogens is 1. The Hall–Kier alpha value is -0.530. The highest BCUT2D eigenvalue weighted by atomic mass is 35.5. The second kappa shape index (κ2) is 5.69. The van der Waals surface area contributed by atoms with E-state index in [-0.39, 0.29) is 0 Å². The van der Waals surface area contributed by atoms with Crippen molar-refractivity contribution < 1.29 is 0 Å². The Morgan fingerprint density at radius 1 is 1.20 bits per heavy atom. The Morgan fingerprint density at radius 3 is 2.60 bits per heavy atom. The van der Waals surface area contributed by atoms with Crippen molar-refractivity contribution >= 4 is 11.6 Å². The van der Waals surface area contributed by atoms with Crippen LogP contribution < -0.4 is 5.32 Å². The molecule has 4 unspecified atom stereocenters. The number of nitrogens with one attached hydrogen (secondary N) is 1. The van der Waals surface area contributed by atoms with Crippen molar-refractivity contribution in [3.63, 3.8) is 0 Å². The van der Waals surface area contributed by atoms with E-state index < -0.39 is 0 Å². The standard InChI is InChI=1S/C18H26ClN/c1-11-7-17(19)12(2)6-16(11)18(20-3)10-15-9-13-4-5-14(15)8-13/h6-7,13-15,18,20H,4-5,8-10H2,1-3H3. The van der Waals surface area contributed by atoms with Gasteiger partial charge in [0.1, 0.15) is 0 Å². The van der Waals surface area contributed by atoms with Crippen molar-refractivity contribution in [1.82, 2.24) is 5.32 Å². The number of rotatable bonds is 4. The zero-order chi connectivity index (χ0) is 14.3. The summed E-state index contributed by atoms with van der Waals surface area (Å²) < 4.78 is 0. The summed E-state index contributed by atoms with van der Waals surface area (Å²) in [4.78, 5) is 0. The molecule has 2 heteroatoms. The quantitative estimate of drug-likeness (QED) is 0.819. The van der Waals surface area contributed by atoms with E-state index in [2.05, 4.69) is 38.3 Å². The highest BCUT2D eigenvalue weighted by molar-refractivity contribution is 6.31. The van der Waals surface area contributed by atoms with Crippen LogP contribution in [-0.4, -0.2) is 7.05 Å². The lowest BCUT2D eigenvalue weighted by Gasteiger charge is -2.28. The first kappa shape index (κ1) is 14.4. The molecule has 0 aliphatic heterocycles. The van der Waals surface area contributed by atoms with Gasteiger partial charge in [0.2, 0.25) is 0 Å². The molecule has 0 heterocycles. The Morgan fingerprint density at radius 2 is 2.00 bits per heavy atom. The van der Waals surface area contributed by atoms with Gasteiger partial charge in [0, 0.05) is 11.1 Å². The minimum Gasteiger partial charge on any atom is -0.313 e. The van der Waals surface area contributed by atoms with Crippen molar-refractivity contribution in [1.29, 1.82) is 0 Å². The van der Waals surface area contributed by atoms with E-state index in [0.717, 1.165) is 22.8 Å². The van der Waals surface area contributed by atoms with Crippen LogP contribution in [0.25, 0.3) is 0 Å². The summed E-state index contributed by atoms with van der Waals surface area (Å²) in [6.07, 6.45) is 7.22. The number of hydrogen-bond acceptors (Lipinski definition) is 1. The summed E-state index contributed by atoms with van der Waals surface area (Å²) in [7, 11) is 2.10. The topological polar surface area (TPSA) is 12.0 Å². The molecule has 1 N–H and O–H groups in total. The Balaban J connectivity index is 1.78. The molecule has 20 heavy (non-hydrogen) atoms. The van der Waals surface area contributed by atoms with E-state index in [1.165, 1.54) is 48.8 Å². The maximum absolute atomic E-state index is 6.24. The average Bonchev–Trinajstić information content (AvgIpc) is 3.03. The van der Waals surface area contributed by atoms with E-state index in [1.807, 2.05) is 0 Å². The van der Waals surface area contributed by atoms with Crippen LogP contribution in [0.3, 0.4) is 0 Å². The molecule has 2 aliphatic rings. The predicted molar refractivity (Wildman–Crippen MR) is 86.3 cm³/mol. The molecule has 110 valence electrons. The first-order valence-electron chi connectivity index (χ1n) is 8.02. The highest BCUT2D eigenvalue weighted by Crippen LogP contribution is 2.51. The van der Waals surface area contributed by atoms with Crippen LogP contribution in [0.4, 0.5) is 0 Å². The molecular formula is C18H26ClN. The highest BCUT2D eigenvalue weighted by Gasteiger charge is 2.40. The first-order valence-corrected chi connectivity index (χ1v) is 8.40. The van der Waals surface area contributed by atoms with Crippen molar-refractivity contribution in [3.8, 4) is 0 Å². The molecule has 1 aromatic rings. The Kier molecular flexibility index (Phi) is 4.10. The number of fused-ring (bicyclic) bond motifs is 2. The van der Waals surface area contributed by atoms with Gasteiger partial charge in [0.25, 0.3) is 0 Å². The lowest BCUT2D eigenvalue weighted by molar-refractivity contribution is 0.284. The maximum Gasteiger partial charge on any atom is 0.0438 e. The molecule has 2 saturated carbocycles. The van der Waals surface area contributed by atoms with Crippen LogP contribution in [0, 0.1) is 31.6 Å². The van der Waals surface area contributed by atoms with Crippen molar-refractivity contribution in [2.45, 2.75) is 52.0 Å². The maximum atomic E-state index is 6.24. The SMILES string of the molecule is CNC(CC1CC2CCC1C2)c1cc(C)c(Cl)cc1C. The van der Waals surface area contributed by atoms with Gasteiger partial charge in [0.05, 0.1) is 0 Å². The third kappa shape index (κ3) is 2.63. The van der Waals surface area contributed by atoms with Gasteiger partial charge in [-0.3, -0.25) is 0 Å². The number of aryl methyl sites for hydroxylation is 2. The first-order chi connectivity index (χ1) is 9.58. The molecule has 1 nitrogen and oxygen atoms in total. The molecule has 1 aromatic carbocycles. The van der Waals surface area contributed by atoms with E-state index in [9.17, 15) is 0 Å². The van der Waals surface area contributed by atoms with Crippen LogP contribution in [-0.2, 0) is 0 Å². The second-order valence-electron chi connectivity index (χ2n) is 6.97. The fraction of sp³-hybridized carbons (Fsp3) is 0.667. The van der Waals surface area contributed by atoms with Crippen LogP contribution in [0.2, 0.25) is 5.02 Å². The molecule has 0 saturated heterocycles. The summed E-state index contributed by atoms with van der Waals surface area (Å²) in [5.41, 5.74) is 3.96. The third-order valence-corrected chi connectivity index (χ3v) is 6.10. The summed E-state index contributed by atoms with van der Waals surface area (Å²) in [6.45, 7) is 4.29. The zero-order valence-corrected chi connectivity index (χ0v) is 13.6. The molecule has 2 bridgehead atoms. The van der Waals surface area contributed by atoms with Crippen molar-refractivity contribution in [3.05, 3.63) is 33.8 Å². The monoisotopic (exact) mass is 291 g/mol. The largest absolute Gasteiger partial charge is 0.313 e. The number of benzene rings is 1. The summed E-state index contributed by atoms with van der Waals surface area (Å²) >= 11 is 6.24. The molecule has 0 spiro atoms. The Bertz CT molecular complexity index is 496. The molecule has 0 aromatic heterocycles. The van der Waals surface area contributed by atoms with Crippen molar-refractivity contribution in [2.24, 2.45) is 17.8 Å². The van der Waals surface area contributed by atoms with Gasteiger partial charge in [-0.25, -0.2) is 0 Å². The minimum atomic E-state index is 0.482. The summed E-state index contributed by atoms with van der Waals surface area (Å²) in [6, 6.07) is 4.89. The van der Waals surface area contributed by atoms with Gasteiger partial charge in [-0.2, -0.15) is 0 Å². The fourth-order valence-electron chi connectivity index (χ4n) is 4.55. The van der Waals surface area contributed by atoms with Gasteiger partial charge >= 0.3 is 0 Å². The van der Waals surface area contributed by atoms with Gasteiger partial charge in [0.15, 0.2) is 0 Å². The normalized spacial score (nSPS) is 29.9. The van der Waals surface area contributed by atoms with E-state index in [1.54, 1.807) is 0 Å². The molecular weight excluding hydrogens is 266 g/mol. The van der Waals surface area contributed by atoms with Gasteiger partial charge in [-0.05, 0) is 87.1 Å². The summed E-state index contributed by atoms with van der Waals surface area (Å²) in [5.74, 6) is 2.97. The van der Waals surface area contributed by atoms with Crippen LogP contribution in [0.5, 0.6) is 0 Å². The zero-order valence-electron chi connectivity index (χ0n) is 12.9. The number of hydrogen-bond donors (Lipinski definition) is 1. The van der Waals surface area contributed by atoms with Crippen LogP contribution in [0.15, 0.2) is 12.1 Å². The van der Waals surface area contributed by atoms with Gasteiger partial charge < -0.3 is 5.32 Å². The fourth-order valence-corrected chi connectivity index (χ4v) is 4.77. The van der Waals surface area contributed by atoms with Gasteiger partial charge in [-0.15, -0.1) is 0 Å². The Labute approximate surface area is 128 Å². The van der Waals surface area contributed by atoms with E-state index in [4.69, 9.17) is 11.6 Å². The molecule has 3 rings (SSSR count). The molecule has 0 amide bonds. The molecule has 0 radical (unpaired) electrons. The predicted octanol–water partition coefficient (Wildman–Crippen LogP) is 5.04. The van der Waals surface area contributed by atoms with E-state index >= 15 is 0 Å². The molecule has 2 fully saturated rings. The summed E-state index contributed by atoms with van der Waals surface area (Å²) in [5, 5.41) is 4.44. The second-order valence-corrected chi connectivity index (χ2v) is 7.38. The smallest absolute Gasteiger partial charge is 0.0438 e. The lowest BCUT2D eigenvalue weighted by Crippen LogP contribution is -2.23. The average molecular weight is 292 g/mol. The van der Waals surface area contributed by atoms with Crippen LogP contribution >= 0.6 is 11.6 Å². The molecule has 2 aliphatic carbocycles.